The highest BCUT2D eigenvalue weighted by Gasteiger charge is 2.28. The van der Waals surface area contributed by atoms with Crippen molar-refractivity contribution in [3.05, 3.63) is 0 Å². The molecule has 0 unspecified atom stereocenters. The molecule has 0 aromatic rings. The van der Waals surface area contributed by atoms with Crippen molar-refractivity contribution in [1.82, 2.24) is 9.80 Å². The Morgan fingerprint density at radius 2 is 1.59 bits per heavy atom. The van der Waals surface area contributed by atoms with Crippen molar-refractivity contribution in [3.63, 3.8) is 0 Å². The van der Waals surface area contributed by atoms with Crippen LogP contribution >= 0.6 is 0 Å². The molecule has 0 N–H and O–H groups in total. The molecule has 2 nitrogen and oxygen atoms in total. The van der Waals surface area contributed by atoms with Gasteiger partial charge in [0.2, 0.25) is 0 Å². The van der Waals surface area contributed by atoms with E-state index in [1.54, 1.807) is 0 Å². The summed E-state index contributed by atoms with van der Waals surface area (Å²) in [5.41, 5.74) is 0. The van der Waals surface area contributed by atoms with Crippen molar-refractivity contribution in [1.29, 1.82) is 0 Å². The topological polar surface area (TPSA) is 6.48 Å². The quantitative estimate of drug-likeness (QED) is 0.746. The van der Waals surface area contributed by atoms with Crippen LogP contribution in [0, 0.1) is 5.92 Å². The maximum atomic E-state index is 2.77. The van der Waals surface area contributed by atoms with Crippen molar-refractivity contribution in [2.75, 3.05) is 26.2 Å². The fourth-order valence-electron chi connectivity index (χ4n) is 3.34. The van der Waals surface area contributed by atoms with Crippen LogP contribution in [-0.2, 0) is 0 Å². The first-order chi connectivity index (χ1) is 8.20. The van der Waals surface area contributed by atoms with Crippen LogP contribution in [0.4, 0.5) is 0 Å². The normalized spacial score (nSPS) is 28.4. The van der Waals surface area contributed by atoms with Crippen LogP contribution in [0.25, 0.3) is 0 Å². The number of hydrogen-bond acceptors (Lipinski definition) is 2. The van der Waals surface area contributed by atoms with E-state index in [-0.39, 0.29) is 0 Å². The molecule has 0 aliphatic carbocycles. The lowest BCUT2D eigenvalue weighted by Gasteiger charge is -2.42. The Balaban J connectivity index is 1.75. The highest BCUT2D eigenvalue weighted by atomic mass is 15.2. The molecule has 2 heteroatoms. The van der Waals surface area contributed by atoms with E-state index in [4.69, 9.17) is 0 Å². The summed E-state index contributed by atoms with van der Waals surface area (Å²) in [4.78, 5) is 5.46. The summed E-state index contributed by atoms with van der Waals surface area (Å²) >= 11 is 0. The Hall–Kier alpha value is -0.0800. The lowest BCUT2D eigenvalue weighted by Crippen LogP contribution is -2.49. The highest BCUT2D eigenvalue weighted by molar-refractivity contribution is 4.83. The fourth-order valence-corrected chi connectivity index (χ4v) is 3.34. The van der Waals surface area contributed by atoms with Gasteiger partial charge in [-0.15, -0.1) is 0 Å². The number of hydrogen-bond donors (Lipinski definition) is 0. The van der Waals surface area contributed by atoms with E-state index in [0.29, 0.717) is 0 Å². The van der Waals surface area contributed by atoms with Crippen LogP contribution in [0.15, 0.2) is 0 Å². The summed E-state index contributed by atoms with van der Waals surface area (Å²) in [7, 11) is 0. The SMILES string of the molecule is CC[C@@H](C)N1CCC(N2CCC(C)CC2)CC1. The van der Waals surface area contributed by atoms with Crippen LogP contribution in [0.2, 0.25) is 0 Å². The van der Waals surface area contributed by atoms with Crippen LogP contribution in [0.5, 0.6) is 0 Å². The zero-order chi connectivity index (χ0) is 12.3. The lowest BCUT2D eigenvalue weighted by atomic mass is 9.94. The monoisotopic (exact) mass is 238 g/mol. The van der Waals surface area contributed by atoms with E-state index in [1.807, 2.05) is 0 Å². The van der Waals surface area contributed by atoms with Crippen LogP contribution in [0.1, 0.15) is 52.9 Å². The molecule has 2 fully saturated rings. The summed E-state index contributed by atoms with van der Waals surface area (Å²) in [5.74, 6) is 0.964. The van der Waals surface area contributed by atoms with Crippen molar-refractivity contribution >= 4 is 0 Å². The number of piperidine rings is 2. The molecule has 0 aromatic heterocycles. The van der Waals surface area contributed by atoms with Crippen LogP contribution in [0.3, 0.4) is 0 Å². The summed E-state index contributed by atoms with van der Waals surface area (Å²) in [6, 6.07) is 1.68. The maximum Gasteiger partial charge on any atom is 0.0120 e. The molecule has 2 aliphatic heterocycles. The second-order valence-corrected chi connectivity index (χ2v) is 6.24. The predicted molar refractivity (Wildman–Crippen MR) is 74.3 cm³/mol. The molecule has 0 saturated carbocycles. The van der Waals surface area contributed by atoms with Crippen molar-refractivity contribution in [2.24, 2.45) is 5.92 Å². The maximum absolute atomic E-state index is 2.77. The smallest absolute Gasteiger partial charge is 0.0120 e. The second kappa shape index (κ2) is 6.19. The molecular formula is C15H30N2. The molecule has 2 saturated heterocycles. The Kier molecular flexibility index (Phi) is 4.87. The van der Waals surface area contributed by atoms with Gasteiger partial charge in [0.15, 0.2) is 0 Å². The molecule has 0 bridgehead atoms. The molecule has 0 aromatic carbocycles. The Morgan fingerprint density at radius 3 is 2.12 bits per heavy atom. The molecule has 2 heterocycles. The van der Waals surface area contributed by atoms with Crippen molar-refractivity contribution < 1.29 is 0 Å². The molecule has 2 rings (SSSR count). The molecular weight excluding hydrogens is 208 g/mol. The van der Waals surface area contributed by atoms with E-state index in [2.05, 4.69) is 30.6 Å². The van der Waals surface area contributed by atoms with E-state index >= 15 is 0 Å². The summed E-state index contributed by atoms with van der Waals surface area (Å²) in [5, 5.41) is 0. The van der Waals surface area contributed by atoms with Crippen molar-refractivity contribution in [2.45, 2.75) is 65.0 Å². The average Bonchev–Trinajstić information content (AvgIpc) is 2.39. The second-order valence-electron chi connectivity index (χ2n) is 6.24. The number of likely N-dealkylation sites (tertiary alicyclic amines) is 2. The predicted octanol–water partition coefficient (Wildman–Crippen LogP) is 2.98. The van der Waals surface area contributed by atoms with Crippen LogP contribution < -0.4 is 0 Å². The summed E-state index contributed by atoms with van der Waals surface area (Å²) in [6.07, 6.45) is 6.94. The van der Waals surface area contributed by atoms with Gasteiger partial charge in [0.1, 0.15) is 0 Å². The van der Waals surface area contributed by atoms with Crippen molar-refractivity contribution in [3.8, 4) is 0 Å². The van der Waals surface area contributed by atoms with Gasteiger partial charge in [0.05, 0.1) is 0 Å². The lowest BCUT2D eigenvalue weighted by molar-refractivity contribution is 0.0658. The minimum Gasteiger partial charge on any atom is -0.301 e. The Bertz CT molecular complexity index is 213. The van der Waals surface area contributed by atoms with Crippen LogP contribution in [-0.4, -0.2) is 48.1 Å². The van der Waals surface area contributed by atoms with Gasteiger partial charge in [0, 0.05) is 12.1 Å². The van der Waals surface area contributed by atoms with Gasteiger partial charge in [-0.05, 0) is 71.1 Å². The Morgan fingerprint density at radius 1 is 1.00 bits per heavy atom. The van der Waals surface area contributed by atoms with Gasteiger partial charge >= 0.3 is 0 Å². The van der Waals surface area contributed by atoms with E-state index in [0.717, 1.165) is 18.0 Å². The Labute approximate surface area is 107 Å². The molecule has 0 amide bonds. The van der Waals surface area contributed by atoms with Gasteiger partial charge in [0.25, 0.3) is 0 Å². The zero-order valence-corrected chi connectivity index (χ0v) is 12.0. The number of nitrogens with zero attached hydrogens (tertiary/aromatic N) is 2. The summed E-state index contributed by atoms with van der Waals surface area (Å²) in [6.45, 7) is 12.5. The standard InChI is InChI=1S/C15H30N2/c1-4-14(3)16-11-7-15(8-12-16)17-9-5-13(2)6-10-17/h13-15H,4-12H2,1-3H3/t14-/m1/s1. The third kappa shape index (κ3) is 3.45. The zero-order valence-electron chi connectivity index (χ0n) is 12.0. The minimum absolute atomic E-state index is 0.789. The van der Waals surface area contributed by atoms with E-state index in [1.165, 1.54) is 58.3 Å². The number of rotatable bonds is 3. The van der Waals surface area contributed by atoms with E-state index in [9.17, 15) is 0 Å². The third-order valence-corrected chi connectivity index (χ3v) is 5.05. The first-order valence-corrected chi connectivity index (χ1v) is 7.68. The highest BCUT2D eigenvalue weighted by Crippen LogP contribution is 2.24. The third-order valence-electron chi connectivity index (χ3n) is 5.05. The van der Waals surface area contributed by atoms with Gasteiger partial charge in [-0.2, -0.15) is 0 Å². The van der Waals surface area contributed by atoms with E-state index < -0.39 is 0 Å². The molecule has 100 valence electrons. The first kappa shape index (κ1) is 13.4. The van der Waals surface area contributed by atoms with Gasteiger partial charge in [-0.25, -0.2) is 0 Å². The first-order valence-electron chi connectivity index (χ1n) is 7.68. The van der Waals surface area contributed by atoms with Gasteiger partial charge in [-0.3, -0.25) is 0 Å². The van der Waals surface area contributed by atoms with Gasteiger partial charge in [-0.1, -0.05) is 13.8 Å². The molecule has 0 spiro atoms. The average molecular weight is 238 g/mol. The molecule has 1 atom stereocenters. The largest absolute Gasteiger partial charge is 0.301 e. The minimum atomic E-state index is 0.789. The summed E-state index contributed by atoms with van der Waals surface area (Å²) < 4.78 is 0. The molecule has 17 heavy (non-hydrogen) atoms. The van der Waals surface area contributed by atoms with Gasteiger partial charge < -0.3 is 9.80 Å². The molecule has 0 radical (unpaired) electrons. The molecule has 2 aliphatic rings. The fraction of sp³-hybridized carbons (Fsp3) is 1.00.